The van der Waals surface area contributed by atoms with Crippen molar-refractivity contribution in [2.24, 2.45) is 0 Å². The third-order valence-corrected chi connectivity index (χ3v) is 3.65. The number of ether oxygens (including phenoxy) is 1. The number of rotatable bonds is 4. The molecule has 0 bridgehead atoms. The van der Waals surface area contributed by atoms with Gasteiger partial charge < -0.3 is 9.72 Å². The smallest absolute Gasteiger partial charge is 0.142 e. The Morgan fingerprint density at radius 3 is 2.80 bits per heavy atom. The van der Waals surface area contributed by atoms with E-state index in [1.165, 1.54) is 0 Å². The van der Waals surface area contributed by atoms with E-state index in [-0.39, 0.29) is 0 Å². The first-order valence-electron chi connectivity index (χ1n) is 6.42. The van der Waals surface area contributed by atoms with Crippen LogP contribution in [0.4, 0.5) is 0 Å². The van der Waals surface area contributed by atoms with E-state index in [2.05, 4.69) is 30.9 Å². The first kappa shape index (κ1) is 13.1. The van der Waals surface area contributed by atoms with E-state index in [1.54, 1.807) is 0 Å². The maximum atomic E-state index is 5.73. The lowest BCUT2D eigenvalue weighted by Crippen LogP contribution is -2.05. The molecule has 1 aromatic carbocycles. The Balaban J connectivity index is 1.79. The number of H-pyrrole nitrogens is 1. The van der Waals surface area contributed by atoms with Crippen molar-refractivity contribution in [3.05, 3.63) is 52.5 Å². The lowest BCUT2D eigenvalue weighted by Gasteiger charge is -2.07. The van der Waals surface area contributed by atoms with Gasteiger partial charge in [0.1, 0.15) is 17.2 Å². The zero-order valence-electron chi connectivity index (χ0n) is 11.1. The molecule has 0 atom stereocenters. The van der Waals surface area contributed by atoms with E-state index < -0.39 is 0 Å². The molecule has 0 unspecified atom stereocenters. The summed E-state index contributed by atoms with van der Waals surface area (Å²) in [6.07, 6.45) is 2.63. The molecule has 0 saturated carbocycles. The maximum absolute atomic E-state index is 5.73. The number of aromatic nitrogens is 3. The second kappa shape index (κ2) is 5.63. The molecule has 0 amide bonds. The highest BCUT2D eigenvalue weighted by Crippen LogP contribution is 2.25. The van der Waals surface area contributed by atoms with Gasteiger partial charge in [0.25, 0.3) is 0 Å². The minimum atomic E-state index is 0.590. The molecule has 2 aromatic heterocycles. The van der Waals surface area contributed by atoms with E-state index in [0.717, 1.165) is 39.2 Å². The van der Waals surface area contributed by atoms with Crippen LogP contribution in [-0.4, -0.2) is 21.6 Å². The first-order valence-corrected chi connectivity index (χ1v) is 7.21. The van der Waals surface area contributed by atoms with Gasteiger partial charge in [-0.25, -0.2) is 9.97 Å². The summed E-state index contributed by atoms with van der Waals surface area (Å²) in [5.41, 5.74) is 1.86. The summed E-state index contributed by atoms with van der Waals surface area (Å²) >= 11 is 3.53. The van der Waals surface area contributed by atoms with Crippen molar-refractivity contribution in [3.63, 3.8) is 0 Å². The Hall–Kier alpha value is -1.88. The topological polar surface area (TPSA) is 50.8 Å². The summed E-state index contributed by atoms with van der Waals surface area (Å²) in [5.74, 6) is 1.64. The molecule has 0 saturated heterocycles. The molecule has 0 spiro atoms. The Morgan fingerprint density at radius 2 is 2.00 bits per heavy atom. The molecule has 0 radical (unpaired) electrons. The van der Waals surface area contributed by atoms with E-state index in [0.29, 0.717) is 6.61 Å². The van der Waals surface area contributed by atoms with Crippen molar-refractivity contribution >= 4 is 27.0 Å². The van der Waals surface area contributed by atoms with Gasteiger partial charge in [0.2, 0.25) is 0 Å². The molecular weight excluding hydrogens is 318 g/mol. The van der Waals surface area contributed by atoms with Gasteiger partial charge in [0, 0.05) is 17.1 Å². The molecule has 3 rings (SSSR count). The summed E-state index contributed by atoms with van der Waals surface area (Å²) in [7, 11) is 0. The maximum Gasteiger partial charge on any atom is 0.142 e. The van der Waals surface area contributed by atoms with Gasteiger partial charge in [0.05, 0.1) is 17.7 Å². The van der Waals surface area contributed by atoms with Crippen molar-refractivity contribution in [2.75, 3.05) is 6.61 Å². The number of hydrogen-bond donors (Lipinski definition) is 1. The summed E-state index contributed by atoms with van der Waals surface area (Å²) in [6.45, 7) is 2.49. The Labute approximate surface area is 125 Å². The number of fused-ring (bicyclic) bond motifs is 1. The minimum Gasteiger partial charge on any atom is -0.493 e. The Morgan fingerprint density at radius 1 is 1.20 bits per heavy atom. The summed E-state index contributed by atoms with van der Waals surface area (Å²) in [6, 6.07) is 9.80. The predicted octanol–water partition coefficient (Wildman–Crippen LogP) is 3.65. The lowest BCUT2D eigenvalue weighted by atomic mass is 10.2. The number of aryl methyl sites for hydroxylation is 1. The molecule has 3 aromatic rings. The van der Waals surface area contributed by atoms with E-state index >= 15 is 0 Å². The van der Waals surface area contributed by atoms with Gasteiger partial charge >= 0.3 is 0 Å². The third-order valence-electron chi connectivity index (χ3n) is 3.02. The van der Waals surface area contributed by atoms with Crippen LogP contribution in [0.3, 0.4) is 0 Å². The van der Waals surface area contributed by atoms with Crippen LogP contribution in [-0.2, 0) is 6.42 Å². The largest absolute Gasteiger partial charge is 0.493 e. The fourth-order valence-electron chi connectivity index (χ4n) is 2.15. The van der Waals surface area contributed by atoms with Crippen LogP contribution in [0.1, 0.15) is 11.5 Å². The average Bonchev–Trinajstić information content (AvgIpc) is 2.81. The Bertz CT molecular complexity index is 725. The van der Waals surface area contributed by atoms with Crippen LogP contribution in [0, 0.1) is 6.92 Å². The molecule has 4 nitrogen and oxygen atoms in total. The molecule has 102 valence electrons. The van der Waals surface area contributed by atoms with Crippen molar-refractivity contribution in [1.29, 1.82) is 0 Å². The van der Waals surface area contributed by atoms with E-state index in [4.69, 9.17) is 4.74 Å². The van der Waals surface area contributed by atoms with Gasteiger partial charge in [0.15, 0.2) is 0 Å². The monoisotopic (exact) mass is 331 g/mol. The van der Waals surface area contributed by atoms with Crippen molar-refractivity contribution in [3.8, 4) is 5.75 Å². The number of nitrogens with one attached hydrogen (secondary N) is 1. The zero-order valence-corrected chi connectivity index (χ0v) is 12.6. The number of para-hydroxylation sites is 1. The van der Waals surface area contributed by atoms with E-state index in [1.807, 2.05) is 43.5 Å². The number of hydrogen-bond acceptors (Lipinski definition) is 3. The first-order chi connectivity index (χ1) is 9.74. The standard InChI is InChI=1S/C15H14BrN3O/c1-10-18-13(14-12(16)9-17-15(14)19-10)7-8-20-11-5-3-2-4-6-11/h2-6,9H,7-8H2,1H3,(H,17,18,19). The molecule has 0 fully saturated rings. The Kier molecular flexibility index (Phi) is 3.69. The minimum absolute atomic E-state index is 0.590. The third kappa shape index (κ3) is 2.67. The second-order valence-electron chi connectivity index (χ2n) is 4.49. The van der Waals surface area contributed by atoms with Gasteiger partial charge in [-0.3, -0.25) is 0 Å². The van der Waals surface area contributed by atoms with Crippen LogP contribution in [0.15, 0.2) is 41.0 Å². The number of halogens is 1. The quantitative estimate of drug-likeness (QED) is 0.793. The molecular formula is C15H14BrN3O. The highest BCUT2D eigenvalue weighted by atomic mass is 79.9. The normalized spacial score (nSPS) is 10.9. The van der Waals surface area contributed by atoms with Crippen molar-refractivity contribution in [1.82, 2.24) is 15.0 Å². The number of aromatic amines is 1. The molecule has 0 aliphatic rings. The molecule has 1 N–H and O–H groups in total. The van der Waals surface area contributed by atoms with Gasteiger partial charge in [-0.15, -0.1) is 0 Å². The zero-order chi connectivity index (χ0) is 13.9. The molecule has 5 heteroatoms. The fraction of sp³-hybridized carbons (Fsp3) is 0.200. The highest BCUT2D eigenvalue weighted by Gasteiger charge is 2.11. The van der Waals surface area contributed by atoms with Crippen LogP contribution in [0.25, 0.3) is 11.0 Å². The van der Waals surface area contributed by atoms with Crippen LogP contribution in [0.5, 0.6) is 5.75 Å². The van der Waals surface area contributed by atoms with Crippen LogP contribution >= 0.6 is 15.9 Å². The average molecular weight is 332 g/mol. The molecule has 20 heavy (non-hydrogen) atoms. The van der Waals surface area contributed by atoms with E-state index in [9.17, 15) is 0 Å². The van der Waals surface area contributed by atoms with Gasteiger partial charge in [-0.05, 0) is 35.0 Å². The van der Waals surface area contributed by atoms with Gasteiger partial charge in [-0.1, -0.05) is 18.2 Å². The number of nitrogens with zero attached hydrogens (tertiary/aromatic N) is 2. The van der Waals surface area contributed by atoms with Crippen LogP contribution in [0.2, 0.25) is 0 Å². The summed E-state index contributed by atoms with van der Waals surface area (Å²) in [5, 5.41) is 1.03. The van der Waals surface area contributed by atoms with Crippen molar-refractivity contribution in [2.45, 2.75) is 13.3 Å². The lowest BCUT2D eigenvalue weighted by molar-refractivity contribution is 0.321. The van der Waals surface area contributed by atoms with Crippen LogP contribution < -0.4 is 4.74 Å². The number of benzene rings is 1. The summed E-state index contributed by atoms with van der Waals surface area (Å²) < 4.78 is 6.72. The highest BCUT2D eigenvalue weighted by molar-refractivity contribution is 9.10. The molecule has 0 aliphatic heterocycles. The SMILES string of the molecule is Cc1nc(CCOc2ccccc2)c2c(Br)c[nH]c2n1. The molecule has 0 aliphatic carbocycles. The van der Waals surface area contributed by atoms with Gasteiger partial charge in [-0.2, -0.15) is 0 Å². The second-order valence-corrected chi connectivity index (χ2v) is 5.34. The van der Waals surface area contributed by atoms with Crippen molar-refractivity contribution < 1.29 is 4.74 Å². The predicted molar refractivity (Wildman–Crippen MR) is 82.0 cm³/mol. The summed E-state index contributed by atoms with van der Waals surface area (Å²) in [4.78, 5) is 12.0. The molecule has 2 heterocycles. The fourth-order valence-corrected chi connectivity index (χ4v) is 2.68.